The molecule has 0 saturated carbocycles. The molecule has 0 spiro atoms. The summed E-state index contributed by atoms with van der Waals surface area (Å²) in [5, 5.41) is 3.95. The smallest absolute Gasteiger partial charge is 0.134 e. The van der Waals surface area contributed by atoms with Crippen molar-refractivity contribution in [2.45, 2.75) is 13.5 Å². The molecule has 2 rings (SSSR count). The number of hydrogen-bond acceptors (Lipinski definition) is 3. The quantitative estimate of drug-likeness (QED) is 0.928. The molecule has 0 aliphatic rings. The summed E-state index contributed by atoms with van der Waals surface area (Å²) in [6.07, 6.45) is 1.80. The first-order valence-corrected chi connectivity index (χ1v) is 6.92. The number of aromatic nitrogens is 1. The molecule has 0 aliphatic heterocycles. The van der Waals surface area contributed by atoms with Gasteiger partial charge in [0.25, 0.3) is 0 Å². The Bertz CT molecular complexity index is 513. The number of thiazole rings is 1. The molecule has 1 aromatic carbocycles. The molecule has 0 bridgehead atoms. The molecule has 0 amide bonds. The van der Waals surface area contributed by atoms with E-state index in [1.165, 1.54) is 17.4 Å². The van der Waals surface area contributed by atoms with Crippen molar-refractivity contribution in [1.82, 2.24) is 10.3 Å². The zero-order valence-electron chi connectivity index (χ0n) is 9.34. The van der Waals surface area contributed by atoms with Crippen LogP contribution in [-0.4, -0.2) is 11.5 Å². The van der Waals surface area contributed by atoms with Gasteiger partial charge in [-0.15, -0.1) is 11.3 Å². The van der Waals surface area contributed by atoms with Gasteiger partial charge in [-0.25, -0.2) is 9.37 Å². The molecule has 0 saturated heterocycles. The van der Waals surface area contributed by atoms with Crippen molar-refractivity contribution < 1.29 is 4.39 Å². The van der Waals surface area contributed by atoms with E-state index in [-0.39, 0.29) is 5.82 Å². The fourth-order valence-electron chi connectivity index (χ4n) is 1.42. The lowest BCUT2D eigenvalue weighted by Gasteiger charge is -1.99. The highest BCUT2D eigenvalue weighted by Gasteiger charge is 2.09. The highest BCUT2D eigenvalue weighted by molar-refractivity contribution is 9.10. The predicted molar refractivity (Wildman–Crippen MR) is 72.6 cm³/mol. The third-order valence-corrected chi connectivity index (χ3v) is 3.79. The van der Waals surface area contributed by atoms with Gasteiger partial charge in [0.05, 0.1) is 0 Å². The molecule has 0 aliphatic carbocycles. The molecule has 5 heteroatoms. The fourth-order valence-corrected chi connectivity index (χ4v) is 2.67. The third kappa shape index (κ3) is 3.12. The van der Waals surface area contributed by atoms with Crippen LogP contribution in [0.15, 0.2) is 28.9 Å². The van der Waals surface area contributed by atoms with Gasteiger partial charge in [-0.2, -0.15) is 0 Å². The summed E-state index contributed by atoms with van der Waals surface area (Å²) in [4.78, 5) is 5.37. The van der Waals surface area contributed by atoms with Crippen molar-refractivity contribution in [3.63, 3.8) is 0 Å². The first kappa shape index (κ1) is 12.7. The zero-order valence-corrected chi connectivity index (χ0v) is 11.7. The van der Waals surface area contributed by atoms with Gasteiger partial charge >= 0.3 is 0 Å². The standard InChI is InChI=1S/C12H12BrFN2S/c1-2-15-6-9-7-16-12(17-9)10-4-3-8(13)5-11(10)14/h3-5,7,15H,2,6H2,1H3. The predicted octanol–water partition coefficient (Wildman–Crippen LogP) is 3.82. The van der Waals surface area contributed by atoms with Crippen molar-refractivity contribution in [1.29, 1.82) is 0 Å². The summed E-state index contributed by atoms with van der Waals surface area (Å²) in [6, 6.07) is 5.03. The van der Waals surface area contributed by atoms with E-state index in [9.17, 15) is 4.39 Å². The Morgan fingerprint density at radius 1 is 1.47 bits per heavy atom. The second-order valence-electron chi connectivity index (χ2n) is 3.54. The Kier molecular flexibility index (Phi) is 4.25. The van der Waals surface area contributed by atoms with Crippen LogP contribution >= 0.6 is 27.3 Å². The van der Waals surface area contributed by atoms with Crippen molar-refractivity contribution in [3.8, 4) is 10.6 Å². The van der Waals surface area contributed by atoms with Crippen LogP contribution in [-0.2, 0) is 6.54 Å². The Labute approximate surface area is 112 Å². The Morgan fingerprint density at radius 3 is 3.00 bits per heavy atom. The maximum absolute atomic E-state index is 13.7. The van der Waals surface area contributed by atoms with Crippen LogP contribution in [0.3, 0.4) is 0 Å². The molecule has 1 N–H and O–H groups in total. The third-order valence-electron chi connectivity index (χ3n) is 2.26. The molecule has 1 aromatic heterocycles. The summed E-state index contributed by atoms with van der Waals surface area (Å²) < 4.78 is 14.5. The van der Waals surface area contributed by atoms with Crippen LogP contribution in [0.4, 0.5) is 4.39 Å². The van der Waals surface area contributed by atoms with E-state index in [0.29, 0.717) is 5.56 Å². The Hall–Kier alpha value is -0.780. The van der Waals surface area contributed by atoms with Crippen LogP contribution in [0, 0.1) is 5.82 Å². The van der Waals surface area contributed by atoms with Crippen LogP contribution in [0.2, 0.25) is 0 Å². The summed E-state index contributed by atoms with van der Waals surface area (Å²) in [7, 11) is 0. The normalized spacial score (nSPS) is 10.8. The monoisotopic (exact) mass is 314 g/mol. The molecule has 17 heavy (non-hydrogen) atoms. The minimum absolute atomic E-state index is 0.247. The van der Waals surface area contributed by atoms with Crippen molar-refractivity contribution >= 4 is 27.3 Å². The minimum Gasteiger partial charge on any atom is -0.312 e. The van der Waals surface area contributed by atoms with E-state index >= 15 is 0 Å². The van der Waals surface area contributed by atoms with Gasteiger partial charge < -0.3 is 5.32 Å². The SMILES string of the molecule is CCNCc1cnc(-c2ccc(Br)cc2F)s1. The van der Waals surface area contributed by atoms with Crippen molar-refractivity contribution in [3.05, 3.63) is 39.6 Å². The maximum atomic E-state index is 13.7. The average Bonchev–Trinajstić information content (AvgIpc) is 2.75. The lowest BCUT2D eigenvalue weighted by Crippen LogP contribution is -2.10. The van der Waals surface area contributed by atoms with Crippen LogP contribution in [0.5, 0.6) is 0 Å². The number of hydrogen-bond donors (Lipinski definition) is 1. The molecule has 1 heterocycles. The molecular weight excluding hydrogens is 303 g/mol. The largest absolute Gasteiger partial charge is 0.312 e. The number of nitrogens with zero attached hydrogens (tertiary/aromatic N) is 1. The molecule has 0 fully saturated rings. The second-order valence-corrected chi connectivity index (χ2v) is 5.57. The number of rotatable bonds is 4. The van der Waals surface area contributed by atoms with Gasteiger partial charge in [-0.05, 0) is 24.7 Å². The highest BCUT2D eigenvalue weighted by Crippen LogP contribution is 2.29. The van der Waals surface area contributed by atoms with Gasteiger partial charge in [0.15, 0.2) is 0 Å². The highest BCUT2D eigenvalue weighted by atomic mass is 79.9. The minimum atomic E-state index is -0.247. The first-order valence-electron chi connectivity index (χ1n) is 5.31. The molecule has 2 aromatic rings. The van der Waals surface area contributed by atoms with Gasteiger partial charge in [-0.3, -0.25) is 0 Å². The molecule has 0 unspecified atom stereocenters. The van der Waals surface area contributed by atoms with Crippen LogP contribution in [0.25, 0.3) is 10.6 Å². The van der Waals surface area contributed by atoms with E-state index in [4.69, 9.17) is 0 Å². The summed E-state index contributed by atoms with van der Waals surface area (Å²) >= 11 is 4.76. The van der Waals surface area contributed by atoms with Crippen molar-refractivity contribution in [2.75, 3.05) is 6.54 Å². The van der Waals surface area contributed by atoms with Crippen LogP contribution in [0.1, 0.15) is 11.8 Å². The van der Waals surface area contributed by atoms with E-state index in [0.717, 1.165) is 27.4 Å². The summed E-state index contributed by atoms with van der Waals surface area (Å²) in [6.45, 7) is 3.75. The lowest BCUT2D eigenvalue weighted by molar-refractivity contribution is 0.630. The maximum Gasteiger partial charge on any atom is 0.134 e. The van der Waals surface area contributed by atoms with E-state index in [2.05, 4.69) is 33.2 Å². The number of halogens is 2. The molecule has 90 valence electrons. The Morgan fingerprint density at radius 2 is 2.29 bits per heavy atom. The zero-order chi connectivity index (χ0) is 12.3. The Balaban J connectivity index is 2.24. The number of nitrogens with one attached hydrogen (secondary N) is 1. The van der Waals surface area contributed by atoms with Crippen molar-refractivity contribution in [2.24, 2.45) is 0 Å². The molecule has 0 radical (unpaired) electrons. The van der Waals surface area contributed by atoms with Crippen LogP contribution < -0.4 is 5.32 Å². The lowest BCUT2D eigenvalue weighted by atomic mass is 10.2. The molecular formula is C12H12BrFN2S. The molecule has 0 atom stereocenters. The van der Waals surface area contributed by atoms with E-state index in [1.54, 1.807) is 12.3 Å². The fraction of sp³-hybridized carbons (Fsp3) is 0.250. The summed E-state index contributed by atoms with van der Waals surface area (Å²) in [5.74, 6) is -0.247. The second kappa shape index (κ2) is 5.71. The topological polar surface area (TPSA) is 24.9 Å². The van der Waals surface area contributed by atoms with E-state index in [1.807, 2.05) is 6.07 Å². The summed E-state index contributed by atoms with van der Waals surface area (Å²) in [5.41, 5.74) is 0.556. The van der Waals surface area contributed by atoms with Gasteiger partial charge in [0.2, 0.25) is 0 Å². The average molecular weight is 315 g/mol. The van der Waals surface area contributed by atoms with E-state index < -0.39 is 0 Å². The molecule has 2 nitrogen and oxygen atoms in total. The number of benzene rings is 1. The van der Waals surface area contributed by atoms with Gasteiger partial charge in [0.1, 0.15) is 10.8 Å². The van der Waals surface area contributed by atoms with Gasteiger partial charge in [-0.1, -0.05) is 22.9 Å². The van der Waals surface area contributed by atoms with Gasteiger partial charge in [0, 0.05) is 27.7 Å². The first-order chi connectivity index (χ1) is 8.20.